The van der Waals surface area contributed by atoms with E-state index in [4.69, 9.17) is 14.2 Å². The van der Waals surface area contributed by atoms with Crippen molar-refractivity contribution in [1.29, 1.82) is 0 Å². The molecule has 1 amide bonds. The number of methoxy groups -OCH3 is 2. The Morgan fingerprint density at radius 3 is 2.34 bits per heavy atom. The van der Waals surface area contributed by atoms with Gasteiger partial charge in [-0.25, -0.2) is 0 Å². The standard InChI is InChI=1S/C23H23NO5/c1-15(23(26)24-19-10-9-17-6-4-5-7-18(17)14-19)29-22(25)13-16-8-11-20(27-2)21(12-16)28-3/h4-12,14-15H,13H2,1-3H3,(H,24,26)/t15-/m0/s1. The van der Waals surface area contributed by atoms with Crippen molar-refractivity contribution in [1.82, 2.24) is 0 Å². The molecule has 1 N–H and O–H groups in total. The number of carbonyl (C=O) groups excluding carboxylic acids is 2. The van der Waals surface area contributed by atoms with Gasteiger partial charge < -0.3 is 19.5 Å². The molecule has 29 heavy (non-hydrogen) atoms. The second kappa shape index (κ2) is 9.10. The summed E-state index contributed by atoms with van der Waals surface area (Å²) in [5.41, 5.74) is 1.35. The Bertz CT molecular complexity index is 1030. The third-order valence-corrected chi connectivity index (χ3v) is 4.49. The topological polar surface area (TPSA) is 73.9 Å². The van der Waals surface area contributed by atoms with Crippen molar-refractivity contribution in [3.63, 3.8) is 0 Å². The van der Waals surface area contributed by atoms with Gasteiger partial charge in [0, 0.05) is 5.69 Å². The number of fused-ring (bicyclic) bond motifs is 1. The first-order chi connectivity index (χ1) is 14.0. The number of ether oxygens (including phenoxy) is 3. The lowest BCUT2D eigenvalue weighted by Crippen LogP contribution is -2.30. The van der Waals surface area contributed by atoms with Gasteiger partial charge in [0.05, 0.1) is 20.6 Å². The quantitative estimate of drug-likeness (QED) is 0.615. The Hall–Kier alpha value is -3.54. The van der Waals surface area contributed by atoms with Gasteiger partial charge in [0.2, 0.25) is 0 Å². The number of amides is 1. The molecule has 0 saturated heterocycles. The first-order valence-electron chi connectivity index (χ1n) is 9.20. The number of nitrogens with one attached hydrogen (secondary N) is 1. The molecule has 1 atom stereocenters. The molecule has 0 aliphatic rings. The minimum atomic E-state index is -0.922. The summed E-state index contributed by atoms with van der Waals surface area (Å²) in [6.07, 6.45) is -0.900. The molecule has 0 spiro atoms. The Labute approximate surface area is 169 Å². The van der Waals surface area contributed by atoms with Crippen molar-refractivity contribution in [2.75, 3.05) is 19.5 Å². The molecule has 0 bridgehead atoms. The molecule has 3 aromatic rings. The van der Waals surface area contributed by atoms with Crippen LogP contribution in [0.5, 0.6) is 11.5 Å². The van der Waals surface area contributed by atoms with Crippen LogP contribution in [0, 0.1) is 0 Å². The molecular weight excluding hydrogens is 370 g/mol. The van der Waals surface area contributed by atoms with Crippen molar-refractivity contribution >= 4 is 28.3 Å². The maximum Gasteiger partial charge on any atom is 0.311 e. The zero-order chi connectivity index (χ0) is 20.8. The van der Waals surface area contributed by atoms with Gasteiger partial charge in [-0.2, -0.15) is 0 Å². The Balaban J connectivity index is 1.59. The van der Waals surface area contributed by atoms with E-state index in [1.165, 1.54) is 7.11 Å². The van der Waals surface area contributed by atoms with E-state index in [2.05, 4.69) is 5.32 Å². The van der Waals surface area contributed by atoms with Crippen LogP contribution < -0.4 is 14.8 Å². The van der Waals surface area contributed by atoms with E-state index in [0.29, 0.717) is 22.7 Å². The molecule has 0 aliphatic heterocycles. The molecule has 150 valence electrons. The Morgan fingerprint density at radius 2 is 1.62 bits per heavy atom. The highest BCUT2D eigenvalue weighted by Gasteiger charge is 2.19. The summed E-state index contributed by atoms with van der Waals surface area (Å²) in [6, 6.07) is 18.7. The highest BCUT2D eigenvalue weighted by Crippen LogP contribution is 2.27. The molecule has 0 unspecified atom stereocenters. The highest BCUT2D eigenvalue weighted by atomic mass is 16.5. The number of rotatable bonds is 7. The maximum absolute atomic E-state index is 12.4. The lowest BCUT2D eigenvalue weighted by Gasteiger charge is -2.14. The summed E-state index contributed by atoms with van der Waals surface area (Å²) < 4.78 is 15.7. The number of carbonyl (C=O) groups is 2. The smallest absolute Gasteiger partial charge is 0.311 e. The van der Waals surface area contributed by atoms with E-state index in [1.54, 1.807) is 32.2 Å². The van der Waals surface area contributed by atoms with Crippen LogP contribution >= 0.6 is 0 Å². The zero-order valence-corrected chi connectivity index (χ0v) is 16.6. The number of hydrogen-bond acceptors (Lipinski definition) is 5. The lowest BCUT2D eigenvalue weighted by molar-refractivity contribution is -0.152. The third kappa shape index (κ3) is 5.04. The fourth-order valence-corrected chi connectivity index (χ4v) is 2.96. The Kier molecular flexibility index (Phi) is 6.34. The SMILES string of the molecule is COc1ccc(CC(=O)O[C@@H](C)C(=O)Nc2ccc3ccccc3c2)cc1OC. The summed E-state index contributed by atoms with van der Waals surface area (Å²) >= 11 is 0. The van der Waals surface area contributed by atoms with Crippen molar-refractivity contribution in [3.05, 3.63) is 66.2 Å². The molecule has 0 radical (unpaired) electrons. The predicted molar refractivity (Wildman–Crippen MR) is 111 cm³/mol. The van der Waals surface area contributed by atoms with Crippen molar-refractivity contribution < 1.29 is 23.8 Å². The van der Waals surface area contributed by atoms with Crippen LogP contribution in [-0.2, 0) is 20.7 Å². The molecule has 0 heterocycles. The molecular formula is C23H23NO5. The fraction of sp³-hybridized carbons (Fsp3) is 0.217. The second-order valence-electron chi connectivity index (χ2n) is 6.55. The van der Waals surface area contributed by atoms with Crippen molar-refractivity contribution in [2.45, 2.75) is 19.4 Å². The lowest BCUT2D eigenvalue weighted by atomic mass is 10.1. The summed E-state index contributed by atoms with van der Waals surface area (Å²) in [5.74, 6) is 0.215. The minimum absolute atomic E-state index is 0.0218. The second-order valence-corrected chi connectivity index (χ2v) is 6.55. The van der Waals surface area contributed by atoms with Crippen LogP contribution in [0.2, 0.25) is 0 Å². The summed E-state index contributed by atoms with van der Waals surface area (Å²) in [5, 5.41) is 4.88. The summed E-state index contributed by atoms with van der Waals surface area (Å²) in [4.78, 5) is 24.6. The van der Waals surface area contributed by atoms with Gasteiger partial charge in [-0.05, 0) is 47.5 Å². The first-order valence-corrected chi connectivity index (χ1v) is 9.20. The highest BCUT2D eigenvalue weighted by molar-refractivity contribution is 5.97. The van der Waals surface area contributed by atoms with Gasteiger partial charge in [-0.1, -0.05) is 36.4 Å². The average Bonchev–Trinajstić information content (AvgIpc) is 2.73. The predicted octanol–water partition coefficient (Wildman–Crippen LogP) is 3.97. The van der Waals surface area contributed by atoms with Gasteiger partial charge in [0.15, 0.2) is 17.6 Å². The molecule has 0 aromatic heterocycles. The number of benzene rings is 3. The van der Waals surface area contributed by atoms with E-state index >= 15 is 0 Å². The van der Waals surface area contributed by atoms with E-state index in [0.717, 1.165) is 10.8 Å². The van der Waals surface area contributed by atoms with Gasteiger partial charge in [-0.3, -0.25) is 9.59 Å². The monoisotopic (exact) mass is 393 g/mol. The van der Waals surface area contributed by atoms with E-state index in [9.17, 15) is 9.59 Å². The molecule has 0 saturated carbocycles. The average molecular weight is 393 g/mol. The number of hydrogen-bond donors (Lipinski definition) is 1. The first kappa shape index (κ1) is 20.2. The van der Waals surface area contributed by atoms with Crippen LogP contribution in [0.1, 0.15) is 12.5 Å². The van der Waals surface area contributed by atoms with Crippen LogP contribution in [0.15, 0.2) is 60.7 Å². The van der Waals surface area contributed by atoms with Crippen LogP contribution in [0.4, 0.5) is 5.69 Å². The number of anilines is 1. The normalized spacial score (nSPS) is 11.6. The van der Waals surface area contributed by atoms with Gasteiger partial charge in [-0.15, -0.1) is 0 Å². The van der Waals surface area contributed by atoms with Gasteiger partial charge >= 0.3 is 5.97 Å². The minimum Gasteiger partial charge on any atom is -0.493 e. The van der Waals surface area contributed by atoms with Crippen LogP contribution in [0.25, 0.3) is 10.8 Å². The van der Waals surface area contributed by atoms with E-state index in [-0.39, 0.29) is 12.3 Å². The van der Waals surface area contributed by atoms with Gasteiger partial charge in [0.1, 0.15) is 0 Å². The molecule has 0 fully saturated rings. The summed E-state index contributed by atoms with van der Waals surface area (Å²) in [6.45, 7) is 1.54. The van der Waals surface area contributed by atoms with E-state index < -0.39 is 12.1 Å². The van der Waals surface area contributed by atoms with Crippen LogP contribution in [0.3, 0.4) is 0 Å². The molecule has 6 heteroatoms. The number of esters is 1. The van der Waals surface area contributed by atoms with Crippen molar-refractivity contribution in [3.8, 4) is 11.5 Å². The largest absolute Gasteiger partial charge is 0.493 e. The Morgan fingerprint density at radius 1 is 0.897 bits per heavy atom. The molecule has 3 rings (SSSR count). The van der Waals surface area contributed by atoms with Gasteiger partial charge in [0.25, 0.3) is 5.91 Å². The molecule has 0 aliphatic carbocycles. The van der Waals surface area contributed by atoms with Crippen molar-refractivity contribution in [2.24, 2.45) is 0 Å². The third-order valence-electron chi connectivity index (χ3n) is 4.49. The summed E-state index contributed by atoms with van der Waals surface area (Å²) in [7, 11) is 3.07. The fourth-order valence-electron chi connectivity index (χ4n) is 2.96. The van der Waals surface area contributed by atoms with E-state index in [1.807, 2.05) is 42.5 Å². The maximum atomic E-state index is 12.4. The molecule has 3 aromatic carbocycles. The zero-order valence-electron chi connectivity index (χ0n) is 16.6. The van der Waals surface area contributed by atoms with Crippen LogP contribution in [-0.4, -0.2) is 32.2 Å². The molecule has 6 nitrogen and oxygen atoms in total.